The molecule has 0 atom stereocenters. The number of aryl methyl sites for hydroxylation is 2. The Labute approximate surface area is 146 Å². The summed E-state index contributed by atoms with van der Waals surface area (Å²) < 4.78 is 16.7. The minimum Gasteiger partial charge on any atom is -0.484 e. The van der Waals surface area contributed by atoms with Crippen LogP contribution in [0.5, 0.6) is 5.75 Å². The number of hydrogen-bond acceptors (Lipinski definition) is 4. The molecule has 1 aromatic carbocycles. The van der Waals surface area contributed by atoms with E-state index in [1.807, 2.05) is 56.3 Å². The van der Waals surface area contributed by atoms with Gasteiger partial charge in [-0.2, -0.15) is 0 Å². The van der Waals surface area contributed by atoms with Gasteiger partial charge in [0.1, 0.15) is 23.0 Å². The Morgan fingerprint density at radius 2 is 1.80 bits per heavy atom. The Bertz CT molecular complexity index is 820. The second-order valence-electron chi connectivity index (χ2n) is 5.90. The van der Waals surface area contributed by atoms with E-state index in [4.69, 9.17) is 13.6 Å². The maximum atomic E-state index is 12.7. The molecule has 2 aromatic heterocycles. The number of hydrogen-bond donors (Lipinski definition) is 0. The van der Waals surface area contributed by atoms with E-state index in [0.29, 0.717) is 24.6 Å². The Kier molecular flexibility index (Phi) is 5.23. The molecule has 2 heterocycles. The Morgan fingerprint density at radius 3 is 2.48 bits per heavy atom. The fourth-order valence-electron chi connectivity index (χ4n) is 2.53. The van der Waals surface area contributed by atoms with Crippen LogP contribution >= 0.6 is 0 Å². The van der Waals surface area contributed by atoms with Gasteiger partial charge in [0.25, 0.3) is 5.91 Å². The fraction of sp³-hybridized carbons (Fsp3) is 0.250. The molecule has 5 heteroatoms. The van der Waals surface area contributed by atoms with Crippen LogP contribution in [0.15, 0.2) is 63.6 Å². The summed E-state index contributed by atoms with van der Waals surface area (Å²) in [6.07, 6.45) is 1.60. The van der Waals surface area contributed by atoms with Gasteiger partial charge in [-0.1, -0.05) is 18.2 Å². The molecule has 0 radical (unpaired) electrons. The summed E-state index contributed by atoms with van der Waals surface area (Å²) >= 11 is 0. The zero-order valence-corrected chi connectivity index (χ0v) is 14.4. The number of nitrogens with zero attached hydrogens (tertiary/aromatic N) is 1. The molecule has 5 nitrogen and oxygen atoms in total. The Morgan fingerprint density at radius 1 is 1.00 bits per heavy atom. The van der Waals surface area contributed by atoms with Crippen molar-refractivity contribution in [1.82, 2.24) is 4.90 Å². The number of amides is 1. The van der Waals surface area contributed by atoms with Crippen LogP contribution in [0.1, 0.15) is 22.8 Å². The van der Waals surface area contributed by atoms with Crippen molar-refractivity contribution in [3.05, 3.63) is 77.6 Å². The maximum Gasteiger partial charge on any atom is 0.261 e. The van der Waals surface area contributed by atoms with E-state index in [0.717, 1.165) is 17.1 Å². The van der Waals surface area contributed by atoms with E-state index in [2.05, 4.69) is 0 Å². The molecule has 0 saturated carbocycles. The molecule has 0 spiro atoms. The molecule has 0 unspecified atom stereocenters. The van der Waals surface area contributed by atoms with Gasteiger partial charge in [-0.25, -0.2) is 0 Å². The minimum absolute atomic E-state index is 0.0365. The molecule has 0 N–H and O–H groups in total. The van der Waals surface area contributed by atoms with Crippen molar-refractivity contribution in [2.24, 2.45) is 0 Å². The van der Waals surface area contributed by atoms with Crippen LogP contribution in [0.3, 0.4) is 0 Å². The van der Waals surface area contributed by atoms with Crippen LogP contribution in [-0.2, 0) is 17.9 Å². The van der Waals surface area contributed by atoms with Gasteiger partial charge in [-0.3, -0.25) is 4.79 Å². The number of benzene rings is 1. The standard InChI is InChI=1S/C20H21NO4/c1-15-6-3-4-8-19(15)24-14-20(22)21(12-17-7-5-11-23-17)13-18-10-9-16(2)25-18/h3-11H,12-14H2,1-2H3. The predicted molar refractivity (Wildman–Crippen MR) is 93.1 cm³/mol. The monoisotopic (exact) mass is 339 g/mol. The van der Waals surface area contributed by atoms with Crippen molar-refractivity contribution in [3.8, 4) is 5.75 Å². The molecule has 130 valence electrons. The lowest BCUT2D eigenvalue weighted by molar-refractivity contribution is -0.135. The fourth-order valence-corrected chi connectivity index (χ4v) is 2.53. The average molecular weight is 339 g/mol. The zero-order chi connectivity index (χ0) is 17.6. The third kappa shape index (κ3) is 4.53. The first kappa shape index (κ1) is 16.9. The lowest BCUT2D eigenvalue weighted by Gasteiger charge is -2.21. The topological polar surface area (TPSA) is 55.8 Å². The summed E-state index contributed by atoms with van der Waals surface area (Å²) in [5, 5.41) is 0. The van der Waals surface area contributed by atoms with E-state index >= 15 is 0 Å². The first-order valence-electron chi connectivity index (χ1n) is 8.16. The third-order valence-electron chi connectivity index (χ3n) is 3.87. The molecule has 0 fully saturated rings. The van der Waals surface area contributed by atoms with Gasteiger partial charge in [0.05, 0.1) is 19.4 Å². The summed E-state index contributed by atoms with van der Waals surface area (Å²) in [4.78, 5) is 14.3. The van der Waals surface area contributed by atoms with Crippen LogP contribution in [-0.4, -0.2) is 17.4 Å². The first-order chi connectivity index (χ1) is 12.1. The highest BCUT2D eigenvalue weighted by atomic mass is 16.5. The molecule has 3 rings (SSSR count). The van der Waals surface area contributed by atoms with Gasteiger partial charge in [0.15, 0.2) is 6.61 Å². The van der Waals surface area contributed by atoms with Crippen molar-refractivity contribution in [2.75, 3.05) is 6.61 Å². The Balaban J connectivity index is 1.68. The van der Waals surface area contributed by atoms with E-state index in [-0.39, 0.29) is 12.5 Å². The lowest BCUT2D eigenvalue weighted by Crippen LogP contribution is -2.34. The highest BCUT2D eigenvalue weighted by Gasteiger charge is 2.18. The van der Waals surface area contributed by atoms with Crippen LogP contribution < -0.4 is 4.74 Å². The summed E-state index contributed by atoms with van der Waals surface area (Å²) in [5.41, 5.74) is 0.995. The van der Waals surface area contributed by atoms with Crippen molar-refractivity contribution in [2.45, 2.75) is 26.9 Å². The molecular weight excluding hydrogens is 318 g/mol. The van der Waals surface area contributed by atoms with Crippen molar-refractivity contribution in [3.63, 3.8) is 0 Å². The summed E-state index contributed by atoms with van der Waals surface area (Å²) in [7, 11) is 0. The van der Waals surface area contributed by atoms with Crippen LogP contribution in [0.4, 0.5) is 0 Å². The highest BCUT2D eigenvalue weighted by molar-refractivity contribution is 5.77. The van der Waals surface area contributed by atoms with Gasteiger partial charge in [-0.15, -0.1) is 0 Å². The van der Waals surface area contributed by atoms with Crippen LogP contribution in [0, 0.1) is 13.8 Å². The molecule has 0 bridgehead atoms. The molecule has 0 aliphatic heterocycles. The molecular formula is C20H21NO4. The molecule has 0 aliphatic rings. The third-order valence-corrected chi connectivity index (χ3v) is 3.87. The first-order valence-corrected chi connectivity index (χ1v) is 8.16. The second kappa shape index (κ2) is 7.75. The van der Waals surface area contributed by atoms with E-state index in [1.165, 1.54) is 0 Å². The van der Waals surface area contributed by atoms with E-state index < -0.39 is 0 Å². The predicted octanol–water partition coefficient (Wildman–Crippen LogP) is 4.10. The number of carbonyl (C=O) groups is 1. The Hall–Kier alpha value is -2.95. The minimum atomic E-state index is -0.131. The number of para-hydroxylation sites is 1. The number of carbonyl (C=O) groups excluding carboxylic acids is 1. The van der Waals surface area contributed by atoms with Gasteiger partial charge >= 0.3 is 0 Å². The van der Waals surface area contributed by atoms with E-state index in [1.54, 1.807) is 17.2 Å². The zero-order valence-electron chi connectivity index (χ0n) is 14.4. The largest absolute Gasteiger partial charge is 0.484 e. The quantitative estimate of drug-likeness (QED) is 0.650. The van der Waals surface area contributed by atoms with Gasteiger partial charge in [0.2, 0.25) is 0 Å². The number of rotatable bonds is 7. The molecule has 0 saturated heterocycles. The summed E-state index contributed by atoms with van der Waals surface area (Å²) in [6.45, 7) is 4.52. The normalized spacial score (nSPS) is 10.6. The van der Waals surface area contributed by atoms with Crippen LogP contribution in [0.25, 0.3) is 0 Å². The van der Waals surface area contributed by atoms with Gasteiger partial charge in [0, 0.05) is 0 Å². The molecule has 1 amide bonds. The van der Waals surface area contributed by atoms with Crippen molar-refractivity contribution in [1.29, 1.82) is 0 Å². The van der Waals surface area contributed by atoms with Crippen molar-refractivity contribution >= 4 is 5.91 Å². The molecule has 25 heavy (non-hydrogen) atoms. The lowest BCUT2D eigenvalue weighted by atomic mass is 10.2. The highest BCUT2D eigenvalue weighted by Crippen LogP contribution is 2.17. The number of ether oxygens (including phenoxy) is 1. The van der Waals surface area contributed by atoms with Gasteiger partial charge < -0.3 is 18.5 Å². The summed E-state index contributed by atoms with van der Waals surface area (Å²) in [5.74, 6) is 2.84. The molecule has 3 aromatic rings. The van der Waals surface area contributed by atoms with E-state index in [9.17, 15) is 4.79 Å². The SMILES string of the molecule is Cc1ccc(CN(Cc2ccco2)C(=O)COc2ccccc2C)o1. The number of furan rings is 2. The van der Waals surface area contributed by atoms with Crippen LogP contribution in [0.2, 0.25) is 0 Å². The molecule has 0 aliphatic carbocycles. The smallest absolute Gasteiger partial charge is 0.261 e. The summed E-state index contributed by atoms with van der Waals surface area (Å²) in [6, 6.07) is 15.0. The average Bonchev–Trinajstić information content (AvgIpc) is 3.25. The van der Waals surface area contributed by atoms with Crippen molar-refractivity contribution < 1.29 is 18.4 Å². The second-order valence-corrected chi connectivity index (χ2v) is 5.90. The maximum absolute atomic E-state index is 12.7. The van der Waals surface area contributed by atoms with Gasteiger partial charge in [-0.05, 0) is 49.7 Å².